The van der Waals surface area contributed by atoms with E-state index in [1.54, 1.807) is 24.5 Å². The van der Waals surface area contributed by atoms with Crippen LogP contribution in [0.5, 0.6) is 0 Å². The minimum Gasteiger partial charge on any atom is -0.366 e. The minimum atomic E-state index is -0.577. The summed E-state index contributed by atoms with van der Waals surface area (Å²) in [4.78, 5) is 15.0. The van der Waals surface area contributed by atoms with Crippen molar-refractivity contribution in [1.29, 1.82) is 0 Å². The molecule has 0 aliphatic rings. The number of amides is 1. The Kier molecular flexibility index (Phi) is 2.64. The van der Waals surface area contributed by atoms with Gasteiger partial charge < -0.3 is 5.73 Å². The number of pyridine rings is 1. The maximum atomic E-state index is 13.1. The third-order valence-electron chi connectivity index (χ3n) is 2.24. The molecule has 1 amide bonds. The maximum Gasteiger partial charge on any atom is 0.249 e. The molecule has 0 fully saturated rings. The van der Waals surface area contributed by atoms with Crippen molar-refractivity contribution in [3.8, 4) is 11.1 Å². The number of aromatic nitrogens is 1. The smallest absolute Gasteiger partial charge is 0.249 e. The van der Waals surface area contributed by atoms with Gasteiger partial charge >= 0.3 is 0 Å². The molecule has 0 unspecified atom stereocenters. The first-order chi connectivity index (χ1) is 7.68. The van der Waals surface area contributed by atoms with E-state index in [0.29, 0.717) is 16.7 Å². The molecule has 3 nitrogen and oxygen atoms in total. The number of hydrogen-bond acceptors (Lipinski definition) is 2. The SMILES string of the molecule is NC(=O)c1ccc(F)cc1-c1ccncc1. The van der Waals surface area contributed by atoms with Crippen molar-refractivity contribution in [3.05, 3.63) is 54.1 Å². The summed E-state index contributed by atoms with van der Waals surface area (Å²) in [6, 6.07) is 7.27. The fourth-order valence-corrected chi connectivity index (χ4v) is 1.50. The molecule has 0 aliphatic heterocycles. The van der Waals surface area contributed by atoms with Gasteiger partial charge in [-0.05, 0) is 41.5 Å². The van der Waals surface area contributed by atoms with Gasteiger partial charge in [-0.1, -0.05) is 0 Å². The van der Waals surface area contributed by atoms with Gasteiger partial charge in [0.15, 0.2) is 0 Å². The molecule has 0 saturated heterocycles. The number of rotatable bonds is 2. The van der Waals surface area contributed by atoms with Gasteiger partial charge in [-0.15, -0.1) is 0 Å². The highest BCUT2D eigenvalue weighted by Gasteiger charge is 2.10. The Morgan fingerprint density at radius 2 is 1.88 bits per heavy atom. The number of benzene rings is 1. The van der Waals surface area contributed by atoms with Crippen molar-refractivity contribution in [2.24, 2.45) is 5.73 Å². The van der Waals surface area contributed by atoms with Crippen LogP contribution in [0, 0.1) is 5.82 Å². The van der Waals surface area contributed by atoms with Crippen LogP contribution in [-0.2, 0) is 0 Å². The Balaban J connectivity index is 2.63. The zero-order valence-electron chi connectivity index (χ0n) is 8.35. The number of hydrogen-bond donors (Lipinski definition) is 1. The van der Waals surface area contributed by atoms with E-state index in [-0.39, 0.29) is 0 Å². The van der Waals surface area contributed by atoms with Gasteiger partial charge in [0.1, 0.15) is 5.82 Å². The van der Waals surface area contributed by atoms with Crippen LogP contribution >= 0.6 is 0 Å². The minimum absolute atomic E-state index is 0.299. The van der Waals surface area contributed by atoms with E-state index < -0.39 is 11.7 Å². The van der Waals surface area contributed by atoms with E-state index in [2.05, 4.69) is 4.98 Å². The average molecular weight is 216 g/mol. The van der Waals surface area contributed by atoms with Crippen molar-refractivity contribution in [3.63, 3.8) is 0 Å². The Labute approximate surface area is 91.7 Å². The summed E-state index contributed by atoms with van der Waals surface area (Å²) < 4.78 is 13.1. The van der Waals surface area contributed by atoms with Crippen molar-refractivity contribution in [1.82, 2.24) is 4.98 Å². The number of primary amides is 1. The summed E-state index contributed by atoms with van der Waals surface area (Å²) in [6.45, 7) is 0. The van der Waals surface area contributed by atoms with Crippen LogP contribution in [0.15, 0.2) is 42.7 Å². The largest absolute Gasteiger partial charge is 0.366 e. The summed E-state index contributed by atoms with van der Waals surface area (Å²) in [6.07, 6.45) is 3.15. The second kappa shape index (κ2) is 4.10. The summed E-state index contributed by atoms with van der Waals surface area (Å²) in [7, 11) is 0. The number of carbonyl (C=O) groups excluding carboxylic acids is 1. The third kappa shape index (κ3) is 1.91. The van der Waals surface area contributed by atoms with E-state index in [4.69, 9.17) is 5.73 Å². The Morgan fingerprint density at radius 3 is 2.50 bits per heavy atom. The molecule has 80 valence electrons. The number of nitrogens with two attached hydrogens (primary N) is 1. The molecule has 0 bridgehead atoms. The predicted octanol–water partition coefficient (Wildman–Crippen LogP) is 1.99. The normalized spacial score (nSPS) is 10.1. The van der Waals surface area contributed by atoms with Crippen molar-refractivity contribution >= 4 is 5.91 Å². The molecule has 0 aliphatic carbocycles. The quantitative estimate of drug-likeness (QED) is 0.834. The summed E-state index contributed by atoms with van der Waals surface area (Å²) in [5, 5.41) is 0. The van der Waals surface area contributed by atoms with Crippen LogP contribution in [0.25, 0.3) is 11.1 Å². The Bertz CT molecular complexity index is 526. The van der Waals surface area contributed by atoms with E-state index >= 15 is 0 Å². The second-order valence-corrected chi connectivity index (χ2v) is 3.29. The van der Waals surface area contributed by atoms with Crippen molar-refractivity contribution in [2.75, 3.05) is 0 Å². The van der Waals surface area contributed by atoms with Crippen LogP contribution in [0.4, 0.5) is 4.39 Å². The van der Waals surface area contributed by atoms with E-state index in [1.807, 2.05) is 0 Å². The fraction of sp³-hybridized carbons (Fsp3) is 0. The molecule has 0 spiro atoms. The lowest BCUT2D eigenvalue weighted by Gasteiger charge is -2.06. The first kappa shape index (κ1) is 10.3. The molecule has 16 heavy (non-hydrogen) atoms. The maximum absolute atomic E-state index is 13.1. The average Bonchev–Trinajstić information content (AvgIpc) is 2.29. The molecule has 0 saturated carbocycles. The van der Waals surface area contributed by atoms with Crippen molar-refractivity contribution in [2.45, 2.75) is 0 Å². The third-order valence-corrected chi connectivity index (χ3v) is 2.24. The summed E-state index contributed by atoms with van der Waals surface area (Å²) >= 11 is 0. The molecule has 0 radical (unpaired) electrons. The van der Waals surface area contributed by atoms with Crippen LogP contribution in [-0.4, -0.2) is 10.9 Å². The zero-order valence-corrected chi connectivity index (χ0v) is 8.35. The zero-order chi connectivity index (χ0) is 11.5. The molecule has 0 atom stereocenters. The van der Waals surface area contributed by atoms with Gasteiger partial charge in [0.25, 0.3) is 0 Å². The molecule has 4 heteroatoms. The van der Waals surface area contributed by atoms with E-state index in [9.17, 15) is 9.18 Å². The van der Waals surface area contributed by atoms with Crippen molar-refractivity contribution < 1.29 is 9.18 Å². The fourth-order valence-electron chi connectivity index (χ4n) is 1.50. The van der Waals surface area contributed by atoms with E-state index in [1.165, 1.54) is 18.2 Å². The van der Waals surface area contributed by atoms with Gasteiger partial charge in [0.2, 0.25) is 5.91 Å². The standard InChI is InChI=1S/C12H9FN2O/c13-9-1-2-10(12(14)16)11(7-9)8-3-5-15-6-4-8/h1-7H,(H2,14,16). The molecule has 2 aromatic rings. The van der Waals surface area contributed by atoms with Crippen LogP contribution < -0.4 is 5.73 Å². The monoisotopic (exact) mass is 216 g/mol. The van der Waals surface area contributed by atoms with Gasteiger partial charge in [0, 0.05) is 18.0 Å². The van der Waals surface area contributed by atoms with Gasteiger partial charge in [-0.2, -0.15) is 0 Å². The molecular formula is C12H9FN2O. The van der Waals surface area contributed by atoms with Crippen LogP contribution in [0.1, 0.15) is 10.4 Å². The second-order valence-electron chi connectivity index (χ2n) is 3.29. The number of carbonyl (C=O) groups is 1. The molecule has 2 N–H and O–H groups in total. The van der Waals surface area contributed by atoms with Gasteiger partial charge in [-0.25, -0.2) is 4.39 Å². The summed E-state index contributed by atoms with van der Waals surface area (Å²) in [5.41, 5.74) is 6.72. The van der Waals surface area contributed by atoms with Crippen LogP contribution in [0.2, 0.25) is 0 Å². The Morgan fingerprint density at radius 1 is 1.19 bits per heavy atom. The highest BCUT2D eigenvalue weighted by Crippen LogP contribution is 2.23. The van der Waals surface area contributed by atoms with E-state index in [0.717, 1.165) is 0 Å². The van der Waals surface area contributed by atoms with Gasteiger partial charge in [0.05, 0.1) is 0 Å². The van der Waals surface area contributed by atoms with Crippen LogP contribution in [0.3, 0.4) is 0 Å². The number of nitrogens with zero attached hydrogens (tertiary/aromatic N) is 1. The lowest BCUT2D eigenvalue weighted by Crippen LogP contribution is -2.12. The first-order valence-corrected chi connectivity index (χ1v) is 4.68. The molecule has 1 aromatic heterocycles. The highest BCUT2D eigenvalue weighted by molar-refractivity contribution is 5.99. The molecule has 1 heterocycles. The lowest BCUT2D eigenvalue weighted by atomic mass is 10.0. The number of halogens is 1. The lowest BCUT2D eigenvalue weighted by molar-refractivity contribution is 0.100. The molecule has 2 rings (SSSR count). The molecule has 1 aromatic carbocycles. The molecular weight excluding hydrogens is 207 g/mol. The van der Waals surface area contributed by atoms with Gasteiger partial charge in [-0.3, -0.25) is 9.78 Å². The predicted molar refractivity (Wildman–Crippen MR) is 58.1 cm³/mol. The summed E-state index contributed by atoms with van der Waals surface area (Å²) in [5.74, 6) is -0.983. The Hall–Kier alpha value is -2.23. The first-order valence-electron chi connectivity index (χ1n) is 4.68. The topological polar surface area (TPSA) is 56.0 Å². The highest BCUT2D eigenvalue weighted by atomic mass is 19.1.